The molecule has 0 aromatic rings. The maximum absolute atomic E-state index is 13.1. The van der Waals surface area contributed by atoms with Gasteiger partial charge < -0.3 is 33.8 Å². The fraction of sp³-hybridized carbons (Fsp3) is 0.895. The number of hydrogen-bond donors (Lipinski definition) is 3. The van der Waals surface area contributed by atoms with Crippen LogP contribution in [0, 0.1) is 17.8 Å². The highest BCUT2D eigenvalue weighted by Gasteiger charge is 2.30. The molecule has 0 aliphatic heterocycles. The van der Waals surface area contributed by atoms with Gasteiger partial charge in [0.15, 0.2) is 12.2 Å². The molecule has 0 bridgehead atoms. The zero-order valence-electron chi connectivity index (χ0n) is 61.6. The van der Waals surface area contributed by atoms with Gasteiger partial charge in [-0.2, -0.15) is 0 Å². The Balaban J connectivity index is 5.30. The molecule has 0 aromatic carbocycles. The quantitative estimate of drug-likeness (QED) is 0.0169. The summed E-state index contributed by atoms with van der Waals surface area (Å²) < 4.78 is 68.5. The Kier molecular flexibility index (Phi) is 64.4. The normalized spacial score (nSPS) is 14.5. The molecule has 6 atom stereocenters. The number of hydrogen-bond acceptors (Lipinski definition) is 15. The summed E-state index contributed by atoms with van der Waals surface area (Å²) in [5, 5.41) is 10.6. The van der Waals surface area contributed by atoms with Crippen molar-refractivity contribution < 1.29 is 80.2 Å². The highest BCUT2D eigenvalue weighted by atomic mass is 31.2. The van der Waals surface area contributed by atoms with Gasteiger partial charge in [0.25, 0.3) is 0 Å². The average molecular weight is 1390 g/mol. The highest BCUT2D eigenvalue weighted by molar-refractivity contribution is 7.47. The Bertz CT molecular complexity index is 1950. The van der Waals surface area contributed by atoms with Crippen LogP contribution in [0.1, 0.15) is 363 Å². The van der Waals surface area contributed by atoms with E-state index in [9.17, 15) is 43.2 Å². The zero-order chi connectivity index (χ0) is 70.1. The summed E-state index contributed by atoms with van der Waals surface area (Å²) >= 11 is 0. The van der Waals surface area contributed by atoms with Crippen LogP contribution in [-0.2, 0) is 65.4 Å². The van der Waals surface area contributed by atoms with Gasteiger partial charge in [-0.3, -0.25) is 37.3 Å². The summed E-state index contributed by atoms with van der Waals surface area (Å²) in [6.45, 7) is 11.8. The van der Waals surface area contributed by atoms with Crippen LogP contribution in [0.3, 0.4) is 0 Å². The Morgan fingerprint density at radius 1 is 0.347 bits per heavy atom. The van der Waals surface area contributed by atoms with Crippen molar-refractivity contribution in [2.45, 2.75) is 381 Å². The molecule has 0 saturated heterocycles. The Morgan fingerprint density at radius 2 is 0.621 bits per heavy atom. The summed E-state index contributed by atoms with van der Waals surface area (Å²) in [7, 11) is -9.93. The van der Waals surface area contributed by atoms with Gasteiger partial charge in [-0.15, -0.1) is 0 Å². The summed E-state index contributed by atoms with van der Waals surface area (Å²) in [5.41, 5.74) is 0. The van der Waals surface area contributed by atoms with Gasteiger partial charge in [-0.05, 0) is 69.1 Å². The van der Waals surface area contributed by atoms with E-state index in [0.29, 0.717) is 31.6 Å². The van der Waals surface area contributed by atoms with Crippen molar-refractivity contribution >= 4 is 39.5 Å². The molecule has 19 heteroatoms. The van der Waals surface area contributed by atoms with E-state index in [1.165, 1.54) is 154 Å². The predicted molar refractivity (Wildman–Crippen MR) is 386 cm³/mol. The van der Waals surface area contributed by atoms with Crippen molar-refractivity contribution in [1.82, 2.24) is 0 Å². The number of carbonyl (C=O) groups is 4. The molecule has 4 unspecified atom stereocenters. The van der Waals surface area contributed by atoms with Crippen LogP contribution in [0.15, 0.2) is 24.3 Å². The van der Waals surface area contributed by atoms with Crippen molar-refractivity contribution in [3.05, 3.63) is 24.3 Å². The van der Waals surface area contributed by atoms with Crippen molar-refractivity contribution in [2.75, 3.05) is 39.6 Å². The van der Waals surface area contributed by atoms with Crippen molar-refractivity contribution in [2.24, 2.45) is 17.8 Å². The summed E-state index contributed by atoms with van der Waals surface area (Å²) in [4.78, 5) is 72.8. The first-order valence-electron chi connectivity index (χ1n) is 38.7. The number of phosphoric ester groups is 2. The molecule has 95 heavy (non-hydrogen) atoms. The first kappa shape index (κ1) is 92.5. The number of ether oxygens (including phenoxy) is 4. The van der Waals surface area contributed by atoms with E-state index in [0.717, 1.165) is 121 Å². The minimum absolute atomic E-state index is 0.0839. The van der Waals surface area contributed by atoms with Crippen LogP contribution in [0.25, 0.3) is 0 Å². The lowest BCUT2D eigenvalue weighted by atomic mass is 9.99. The molecular weight excluding hydrogens is 1250 g/mol. The SMILES string of the molecule is CCCCCC/C=C\C=C/CCCCCCCC(=O)O[C@H](COC(=O)CCCCCCCCCC(C)C)COP(=O)(O)OCC(O)COP(=O)(O)OC[C@@H](COC(=O)CCCCCCCCCCCCC(C)CC)OC(=O)CCCCCCCCCCCCCCCC(C)C. The molecule has 0 spiro atoms. The number of esters is 4. The van der Waals surface area contributed by atoms with Crippen LogP contribution in [-0.4, -0.2) is 96.7 Å². The number of carbonyl (C=O) groups excluding carboxylic acids is 4. The second kappa shape index (κ2) is 66.1. The lowest BCUT2D eigenvalue weighted by Gasteiger charge is -2.21. The average Bonchev–Trinajstić information content (AvgIpc) is 2.12. The number of phosphoric acid groups is 2. The van der Waals surface area contributed by atoms with E-state index in [-0.39, 0.29) is 25.7 Å². The summed E-state index contributed by atoms with van der Waals surface area (Å²) in [6, 6.07) is 0. The third-order valence-corrected chi connectivity index (χ3v) is 19.3. The van der Waals surface area contributed by atoms with E-state index in [2.05, 4.69) is 72.8 Å². The molecule has 3 N–H and O–H groups in total. The van der Waals surface area contributed by atoms with Gasteiger partial charge in [-0.25, -0.2) is 9.13 Å². The van der Waals surface area contributed by atoms with Crippen LogP contribution in [0.4, 0.5) is 0 Å². The van der Waals surface area contributed by atoms with E-state index in [4.69, 9.17) is 37.0 Å². The number of aliphatic hydroxyl groups excluding tert-OH is 1. The monoisotopic (exact) mass is 1390 g/mol. The van der Waals surface area contributed by atoms with Crippen LogP contribution < -0.4 is 0 Å². The van der Waals surface area contributed by atoms with Gasteiger partial charge in [-0.1, -0.05) is 310 Å². The molecule has 560 valence electrons. The molecule has 0 aliphatic carbocycles. The number of aliphatic hydroxyl groups is 1. The van der Waals surface area contributed by atoms with Gasteiger partial charge in [0, 0.05) is 25.7 Å². The van der Waals surface area contributed by atoms with E-state index >= 15 is 0 Å². The Hall–Kier alpha value is -2.46. The van der Waals surface area contributed by atoms with Crippen LogP contribution >= 0.6 is 15.6 Å². The fourth-order valence-corrected chi connectivity index (χ4v) is 12.6. The standard InChI is InChI=1S/C76H144O17P2/c1-8-10-11-12-13-14-15-16-17-20-23-30-37-45-52-59-76(81)93-72(64-87-74(79)58-51-44-39-32-34-41-48-55-68(5)6)66-91-95(84,85)89-62-70(77)61-88-94(82,83)90-65-71(63-86-73(78)57-50-43-36-29-26-25-28-35-42-49-56-69(7)9-2)92-75(80)60-53-46-38-31-24-21-18-19-22-27-33-40-47-54-67(3)4/h14-17,67-72,77H,8-13,18-66H2,1-7H3,(H,82,83)(H,84,85)/b15-14-,17-16-/t69?,70?,71-,72-/m1/s1. The number of unbranched alkanes of at least 4 members (excludes halogenated alkanes) is 36. The molecule has 17 nitrogen and oxygen atoms in total. The number of allylic oxidation sites excluding steroid dienone is 4. The van der Waals surface area contributed by atoms with Crippen LogP contribution in [0.2, 0.25) is 0 Å². The molecule has 0 rings (SSSR count). The molecule has 0 fully saturated rings. The van der Waals surface area contributed by atoms with E-state index in [1.54, 1.807) is 0 Å². The van der Waals surface area contributed by atoms with E-state index in [1.807, 2.05) is 0 Å². The fourth-order valence-electron chi connectivity index (χ4n) is 11.0. The maximum atomic E-state index is 13.1. The Labute approximate surface area is 580 Å². The van der Waals surface area contributed by atoms with E-state index < -0.39 is 97.5 Å². The first-order chi connectivity index (χ1) is 45.8. The van der Waals surface area contributed by atoms with Gasteiger partial charge in [0.2, 0.25) is 0 Å². The molecule has 0 amide bonds. The summed E-state index contributed by atoms with van der Waals surface area (Å²) in [5.74, 6) is 0.146. The zero-order valence-corrected chi connectivity index (χ0v) is 63.4. The smallest absolute Gasteiger partial charge is 0.462 e. The topological polar surface area (TPSA) is 237 Å². The van der Waals surface area contributed by atoms with Crippen LogP contribution in [0.5, 0.6) is 0 Å². The lowest BCUT2D eigenvalue weighted by Crippen LogP contribution is -2.30. The lowest BCUT2D eigenvalue weighted by molar-refractivity contribution is -0.161. The van der Waals surface area contributed by atoms with Crippen molar-refractivity contribution in [3.63, 3.8) is 0 Å². The predicted octanol–water partition coefficient (Wildman–Crippen LogP) is 21.7. The Morgan fingerprint density at radius 3 is 0.937 bits per heavy atom. The van der Waals surface area contributed by atoms with Crippen molar-refractivity contribution in [1.29, 1.82) is 0 Å². The van der Waals surface area contributed by atoms with Gasteiger partial charge in [0.1, 0.15) is 19.3 Å². The minimum atomic E-state index is -4.96. The summed E-state index contributed by atoms with van der Waals surface area (Å²) in [6.07, 6.45) is 54.9. The van der Waals surface area contributed by atoms with Gasteiger partial charge in [0.05, 0.1) is 26.4 Å². The highest BCUT2D eigenvalue weighted by Crippen LogP contribution is 2.45. The minimum Gasteiger partial charge on any atom is -0.462 e. The third-order valence-electron chi connectivity index (χ3n) is 17.4. The van der Waals surface area contributed by atoms with Gasteiger partial charge >= 0.3 is 39.5 Å². The largest absolute Gasteiger partial charge is 0.472 e. The molecule has 0 saturated carbocycles. The second-order valence-corrected chi connectivity index (χ2v) is 30.8. The first-order valence-corrected chi connectivity index (χ1v) is 41.7. The number of rotatable bonds is 72. The molecule has 0 aliphatic rings. The third kappa shape index (κ3) is 68.5. The molecular formula is C76H144O17P2. The molecule has 0 radical (unpaired) electrons. The second-order valence-electron chi connectivity index (χ2n) is 27.9. The van der Waals surface area contributed by atoms with Crippen molar-refractivity contribution in [3.8, 4) is 0 Å². The molecule has 0 aromatic heterocycles. The molecule has 0 heterocycles. The maximum Gasteiger partial charge on any atom is 0.472 e.